The molecule has 26 heavy (non-hydrogen) atoms. The molecule has 0 atom stereocenters. The Morgan fingerprint density at radius 2 is 1.08 bits per heavy atom. The van der Waals surface area contributed by atoms with E-state index in [1.807, 2.05) is 0 Å². The Morgan fingerprint density at radius 3 is 1.54 bits per heavy atom. The fourth-order valence-electron chi connectivity index (χ4n) is 3.25. The average Bonchev–Trinajstić information content (AvgIpc) is 2.64. The van der Waals surface area contributed by atoms with Crippen LogP contribution in [0, 0.1) is 0 Å². The maximum Gasteiger partial charge on any atom is 0.220 e. The Labute approximate surface area is 164 Å². The number of ether oxygens (including phenoxy) is 1. The van der Waals surface area contributed by atoms with Gasteiger partial charge in [0, 0.05) is 19.6 Å². The molecule has 0 aliphatic heterocycles. The first-order valence-electron chi connectivity index (χ1n) is 11.7. The lowest BCUT2D eigenvalue weighted by Gasteiger charge is -2.06. The first kappa shape index (κ1) is 25.4. The van der Waals surface area contributed by atoms with Gasteiger partial charge in [-0.05, 0) is 12.8 Å². The molecule has 1 N–H and O–H groups in total. The molecule has 0 saturated heterocycles. The van der Waals surface area contributed by atoms with E-state index in [2.05, 4.69) is 19.2 Å². The van der Waals surface area contributed by atoms with Gasteiger partial charge in [0.05, 0.1) is 6.61 Å². The summed E-state index contributed by atoms with van der Waals surface area (Å²) in [5.74, 6) is 0.180. The second-order valence-electron chi connectivity index (χ2n) is 7.66. The van der Waals surface area contributed by atoms with Crippen molar-refractivity contribution in [2.75, 3.05) is 19.8 Å². The third kappa shape index (κ3) is 21.5. The molecule has 0 aliphatic carbocycles. The van der Waals surface area contributed by atoms with E-state index in [1.54, 1.807) is 0 Å². The van der Waals surface area contributed by atoms with Crippen LogP contribution < -0.4 is 5.32 Å². The minimum atomic E-state index is 0.180. The zero-order chi connectivity index (χ0) is 19.1. The molecule has 0 rings (SSSR count). The summed E-state index contributed by atoms with van der Waals surface area (Å²) in [6.45, 7) is 6.45. The van der Waals surface area contributed by atoms with Gasteiger partial charge in [0.25, 0.3) is 0 Å². The van der Waals surface area contributed by atoms with E-state index < -0.39 is 0 Å². The number of hydrogen-bond donors (Lipinski definition) is 1. The predicted octanol–water partition coefficient (Wildman–Crippen LogP) is 6.79. The Bertz CT molecular complexity index is 281. The Kier molecular flexibility index (Phi) is 22.0. The third-order valence-corrected chi connectivity index (χ3v) is 4.92. The highest BCUT2D eigenvalue weighted by Gasteiger charge is 2.00. The maximum atomic E-state index is 11.6. The molecule has 3 heteroatoms. The summed E-state index contributed by atoms with van der Waals surface area (Å²) in [6.07, 6.45) is 22.1. The molecule has 0 aromatic rings. The van der Waals surface area contributed by atoms with E-state index >= 15 is 0 Å². The molecule has 0 saturated carbocycles. The lowest BCUT2D eigenvalue weighted by Crippen LogP contribution is -2.27. The fourth-order valence-corrected chi connectivity index (χ4v) is 3.25. The highest BCUT2D eigenvalue weighted by molar-refractivity contribution is 5.75. The van der Waals surface area contributed by atoms with Crippen LogP contribution in [0.4, 0.5) is 0 Å². The predicted molar refractivity (Wildman–Crippen MR) is 114 cm³/mol. The van der Waals surface area contributed by atoms with Crippen LogP contribution in [0.3, 0.4) is 0 Å². The summed E-state index contributed by atoms with van der Waals surface area (Å²) in [5.41, 5.74) is 0. The molecule has 3 nitrogen and oxygen atoms in total. The molecule has 0 fully saturated rings. The first-order valence-corrected chi connectivity index (χ1v) is 11.7. The van der Waals surface area contributed by atoms with Crippen LogP contribution in [0.1, 0.15) is 123 Å². The van der Waals surface area contributed by atoms with Gasteiger partial charge in [-0.2, -0.15) is 0 Å². The number of unbranched alkanes of at least 4 members (excludes halogenated alkanes) is 14. The highest BCUT2D eigenvalue weighted by atomic mass is 16.5. The molecule has 0 aromatic carbocycles. The first-order chi connectivity index (χ1) is 12.8. The number of nitrogens with one attached hydrogen (secondary N) is 1. The van der Waals surface area contributed by atoms with Crippen molar-refractivity contribution in [3.63, 3.8) is 0 Å². The number of rotatable bonds is 21. The molecule has 0 spiro atoms. The van der Waals surface area contributed by atoms with Crippen molar-refractivity contribution in [2.24, 2.45) is 0 Å². The zero-order valence-electron chi connectivity index (χ0n) is 18.0. The molecule has 156 valence electrons. The summed E-state index contributed by atoms with van der Waals surface area (Å²) in [7, 11) is 0. The van der Waals surface area contributed by atoms with Gasteiger partial charge in [-0.25, -0.2) is 0 Å². The molecule has 0 aliphatic rings. The van der Waals surface area contributed by atoms with Crippen molar-refractivity contribution in [2.45, 2.75) is 123 Å². The lowest BCUT2D eigenvalue weighted by atomic mass is 10.0. The minimum absolute atomic E-state index is 0.180. The molecular weight excluding hydrogens is 322 g/mol. The summed E-state index contributed by atoms with van der Waals surface area (Å²) in [4.78, 5) is 11.6. The van der Waals surface area contributed by atoms with Gasteiger partial charge in [0.1, 0.15) is 0 Å². The van der Waals surface area contributed by atoms with Gasteiger partial charge in [-0.3, -0.25) is 4.79 Å². The summed E-state index contributed by atoms with van der Waals surface area (Å²) >= 11 is 0. The lowest BCUT2D eigenvalue weighted by molar-refractivity contribution is -0.121. The van der Waals surface area contributed by atoms with Crippen LogP contribution in [0.5, 0.6) is 0 Å². The molecule has 0 bridgehead atoms. The van der Waals surface area contributed by atoms with Gasteiger partial charge in [0.15, 0.2) is 0 Å². The van der Waals surface area contributed by atoms with Crippen molar-refractivity contribution in [1.82, 2.24) is 5.32 Å². The standard InChI is InChI=1S/C23H47NO2/c1-3-5-6-7-8-9-10-11-12-13-14-15-16-17-18-19-23(25)24-20-22-26-21-4-2/h3-22H2,1-2H3,(H,24,25). The topological polar surface area (TPSA) is 38.3 Å². The van der Waals surface area contributed by atoms with E-state index in [9.17, 15) is 4.79 Å². The number of carbonyl (C=O) groups is 1. The largest absolute Gasteiger partial charge is 0.380 e. The van der Waals surface area contributed by atoms with Crippen molar-refractivity contribution in [3.05, 3.63) is 0 Å². The van der Waals surface area contributed by atoms with Crippen molar-refractivity contribution >= 4 is 5.91 Å². The number of hydrogen-bond acceptors (Lipinski definition) is 2. The van der Waals surface area contributed by atoms with Gasteiger partial charge >= 0.3 is 0 Å². The summed E-state index contributed by atoms with van der Waals surface area (Å²) in [6, 6.07) is 0. The quantitative estimate of drug-likeness (QED) is 0.226. The minimum Gasteiger partial charge on any atom is -0.380 e. The smallest absolute Gasteiger partial charge is 0.220 e. The fraction of sp³-hybridized carbons (Fsp3) is 0.957. The van der Waals surface area contributed by atoms with Crippen molar-refractivity contribution in [3.8, 4) is 0 Å². The van der Waals surface area contributed by atoms with Crippen LogP contribution in [-0.4, -0.2) is 25.7 Å². The van der Waals surface area contributed by atoms with E-state index in [4.69, 9.17) is 4.74 Å². The SMILES string of the molecule is CCCCCCCCCCCCCCCCCC(=O)NCCOCCC. The molecule has 0 aromatic heterocycles. The summed E-state index contributed by atoms with van der Waals surface area (Å²) < 4.78 is 5.35. The van der Waals surface area contributed by atoms with E-state index in [0.29, 0.717) is 19.6 Å². The number of carbonyl (C=O) groups excluding carboxylic acids is 1. The number of amides is 1. The average molecular weight is 370 g/mol. The van der Waals surface area contributed by atoms with Crippen molar-refractivity contribution in [1.29, 1.82) is 0 Å². The second-order valence-corrected chi connectivity index (χ2v) is 7.66. The molecule has 1 amide bonds. The maximum absolute atomic E-state index is 11.6. The Morgan fingerprint density at radius 1 is 0.615 bits per heavy atom. The van der Waals surface area contributed by atoms with Crippen molar-refractivity contribution < 1.29 is 9.53 Å². The third-order valence-electron chi connectivity index (χ3n) is 4.92. The van der Waals surface area contributed by atoms with E-state index in [1.165, 1.54) is 89.9 Å². The van der Waals surface area contributed by atoms with Gasteiger partial charge in [-0.15, -0.1) is 0 Å². The Hall–Kier alpha value is -0.570. The molecule has 0 unspecified atom stereocenters. The summed E-state index contributed by atoms with van der Waals surface area (Å²) in [5, 5.41) is 2.93. The van der Waals surface area contributed by atoms with Crippen LogP contribution in [0.15, 0.2) is 0 Å². The molecule has 0 radical (unpaired) electrons. The normalized spacial score (nSPS) is 11.0. The Balaban J connectivity index is 3.09. The van der Waals surface area contributed by atoms with Gasteiger partial charge in [-0.1, -0.05) is 104 Å². The zero-order valence-corrected chi connectivity index (χ0v) is 18.0. The van der Waals surface area contributed by atoms with Gasteiger partial charge in [0.2, 0.25) is 5.91 Å². The van der Waals surface area contributed by atoms with Gasteiger partial charge < -0.3 is 10.1 Å². The molecular formula is C23H47NO2. The van der Waals surface area contributed by atoms with Crippen LogP contribution >= 0.6 is 0 Å². The van der Waals surface area contributed by atoms with Crippen LogP contribution in [0.2, 0.25) is 0 Å². The highest BCUT2D eigenvalue weighted by Crippen LogP contribution is 2.13. The van der Waals surface area contributed by atoms with Crippen LogP contribution in [-0.2, 0) is 9.53 Å². The van der Waals surface area contributed by atoms with E-state index in [0.717, 1.165) is 19.4 Å². The van der Waals surface area contributed by atoms with E-state index in [-0.39, 0.29) is 5.91 Å². The monoisotopic (exact) mass is 369 g/mol. The van der Waals surface area contributed by atoms with Crippen LogP contribution in [0.25, 0.3) is 0 Å². The molecule has 0 heterocycles. The second kappa shape index (κ2) is 22.5.